The number of aliphatic carboxylic acids is 1. The lowest BCUT2D eigenvalue weighted by atomic mass is 10.2. The number of carbonyl (C=O) groups excluding carboxylic acids is 1. The van der Waals surface area contributed by atoms with Gasteiger partial charge in [-0.3, -0.25) is 0 Å². The normalized spacial score (nSPS) is 12.5. The zero-order valence-corrected chi connectivity index (χ0v) is 7.24. The molecule has 0 spiro atoms. The molecule has 58 valence electrons. The summed E-state index contributed by atoms with van der Waals surface area (Å²) >= 11 is 2.99. The minimum atomic E-state index is -1.11. The third kappa shape index (κ3) is 2.05. The van der Waals surface area contributed by atoms with Crippen molar-refractivity contribution in [3.63, 3.8) is 0 Å². The first-order valence-corrected chi connectivity index (χ1v) is 4.03. The molecule has 0 radical (unpaired) electrons. The van der Waals surface area contributed by atoms with Gasteiger partial charge in [-0.2, -0.15) is 0 Å². The largest absolute Gasteiger partial charge is 0.549 e. The van der Waals surface area contributed by atoms with Crippen LogP contribution in [0, 0.1) is 0 Å². The van der Waals surface area contributed by atoms with E-state index < -0.39 is 10.8 Å². The molecule has 0 aliphatic carbocycles. The third-order valence-electron chi connectivity index (χ3n) is 1.30. The molecule has 0 amide bonds. The molecule has 1 rings (SSSR count). The van der Waals surface area contributed by atoms with Gasteiger partial charge in [-0.1, -0.05) is 46.3 Å². The third-order valence-corrected chi connectivity index (χ3v) is 2.20. The minimum absolute atomic E-state index is 0.701. The lowest BCUT2D eigenvalue weighted by Gasteiger charge is -2.09. The highest BCUT2D eigenvalue weighted by atomic mass is 79.9. The molecular weight excluding hydrogens is 208 g/mol. The lowest BCUT2D eigenvalue weighted by Crippen LogP contribution is -2.26. The summed E-state index contributed by atoms with van der Waals surface area (Å²) in [6.45, 7) is 0. The highest BCUT2D eigenvalue weighted by molar-refractivity contribution is 9.09. The van der Waals surface area contributed by atoms with Crippen LogP contribution in [0.5, 0.6) is 0 Å². The molecule has 1 aromatic carbocycles. The number of hydrogen-bond acceptors (Lipinski definition) is 2. The van der Waals surface area contributed by atoms with Crippen LogP contribution >= 0.6 is 15.9 Å². The standard InChI is InChI=1S/C8H7BrO2/c9-7(8(10)11)6-4-2-1-3-5-6/h1-5,7H,(H,10,11)/p-1/t7-/m0/s1. The van der Waals surface area contributed by atoms with Gasteiger partial charge in [0.15, 0.2) is 0 Å². The van der Waals surface area contributed by atoms with Gasteiger partial charge < -0.3 is 9.90 Å². The minimum Gasteiger partial charge on any atom is -0.549 e. The number of halogens is 1. The van der Waals surface area contributed by atoms with Crippen LogP contribution < -0.4 is 5.11 Å². The van der Waals surface area contributed by atoms with Crippen molar-refractivity contribution in [3.05, 3.63) is 35.9 Å². The van der Waals surface area contributed by atoms with E-state index in [1.165, 1.54) is 0 Å². The number of carboxylic acid groups (broad SMARTS) is 1. The molecule has 0 bridgehead atoms. The van der Waals surface area contributed by atoms with Gasteiger partial charge in [-0.25, -0.2) is 0 Å². The summed E-state index contributed by atoms with van der Waals surface area (Å²) in [7, 11) is 0. The molecular formula is C8H6BrO2-. The Kier molecular flexibility index (Phi) is 2.65. The SMILES string of the molecule is O=C([O-])[C@@H](Br)c1ccccc1. The van der Waals surface area contributed by atoms with Gasteiger partial charge in [0.2, 0.25) is 0 Å². The van der Waals surface area contributed by atoms with Gasteiger partial charge >= 0.3 is 0 Å². The smallest absolute Gasteiger partial charge is 0.0790 e. The monoisotopic (exact) mass is 213 g/mol. The first-order chi connectivity index (χ1) is 5.22. The first-order valence-electron chi connectivity index (χ1n) is 3.11. The van der Waals surface area contributed by atoms with Crippen LogP contribution in [-0.4, -0.2) is 5.97 Å². The molecule has 3 heteroatoms. The molecule has 11 heavy (non-hydrogen) atoms. The van der Waals surface area contributed by atoms with Crippen LogP contribution in [0.2, 0.25) is 0 Å². The molecule has 0 heterocycles. The van der Waals surface area contributed by atoms with Crippen molar-refractivity contribution >= 4 is 21.9 Å². The summed E-state index contributed by atoms with van der Waals surface area (Å²) in [5, 5.41) is 10.3. The van der Waals surface area contributed by atoms with Gasteiger partial charge in [0.1, 0.15) is 0 Å². The van der Waals surface area contributed by atoms with Crippen LogP contribution in [0.1, 0.15) is 10.4 Å². The Morgan fingerprint density at radius 2 is 1.91 bits per heavy atom. The summed E-state index contributed by atoms with van der Waals surface area (Å²) in [5.74, 6) is -1.11. The Morgan fingerprint density at radius 3 is 2.36 bits per heavy atom. The van der Waals surface area contributed by atoms with Crippen molar-refractivity contribution in [2.75, 3.05) is 0 Å². The molecule has 0 aliphatic heterocycles. The average molecular weight is 214 g/mol. The van der Waals surface area contributed by atoms with E-state index in [4.69, 9.17) is 0 Å². The molecule has 1 aromatic rings. The maximum absolute atomic E-state index is 10.3. The van der Waals surface area contributed by atoms with Crippen LogP contribution in [0.3, 0.4) is 0 Å². The Hall–Kier alpha value is -0.830. The molecule has 1 atom stereocenters. The zero-order valence-electron chi connectivity index (χ0n) is 5.66. The van der Waals surface area contributed by atoms with E-state index in [9.17, 15) is 9.90 Å². The summed E-state index contributed by atoms with van der Waals surface area (Å²) in [6.07, 6.45) is 0. The second-order valence-corrected chi connectivity index (χ2v) is 3.01. The summed E-state index contributed by atoms with van der Waals surface area (Å²) in [5.41, 5.74) is 0.701. The van der Waals surface area contributed by atoms with Crippen molar-refractivity contribution < 1.29 is 9.90 Å². The molecule has 0 fully saturated rings. The van der Waals surface area contributed by atoms with Crippen LogP contribution in [0.15, 0.2) is 30.3 Å². The molecule has 2 nitrogen and oxygen atoms in total. The van der Waals surface area contributed by atoms with Gasteiger partial charge in [0, 0.05) is 0 Å². The number of benzene rings is 1. The van der Waals surface area contributed by atoms with Crippen molar-refractivity contribution in [1.29, 1.82) is 0 Å². The molecule has 0 unspecified atom stereocenters. The van der Waals surface area contributed by atoms with Gasteiger partial charge in [-0.05, 0) is 5.56 Å². The van der Waals surface area contributed by atoms with E-state index >= 15 is 0 Å². The molecule has 0 aromatic heterocycles. The number of hydrogen-bond donors (Lipinski definition) is 0. The van der Waals surface area contributed by atoms with E-state index in [0.29, 0.717) is 5.56 Å². The Balaban J connectivity index is 2.85. The Morgan fingerprint density at radius 1 is 1.36 bits per heavy atom. The lowest BCUT2D eigenvalue weighted by molar-refractivity contribution is -0.304. The Labute approximate surface area is 73.0 Å². The summed E-state index contributed by atoms with van der Waals surface area (Å²) < 4.78 is 0. The van der Waals surface area contributed by atoms with Crippen molar-refractivity contribution in [2.24, 2.45) is 0 Å². The predicted octanol–water partition coefficient (Wildman–Crippen LogP) is 0.872. The number of rotatable bonds is 2. The van der Waals surface area contributed by atoms with E-state index in [-0.39, 0.29) is 0 Å². The van der Waals surface area contributed by atoms with Crippen molar-refractivity contribution in [1.82, 2.24) is 0 Å². The van der Waals surface area contributed by atoms with E-state index in [2.05, 4.69) is 15.9 Å². The predicted molar refractivity (Wildman–Crippen MR) is 43.1 cm³/mol. The Bertz CT molecular complexity index is 246. The van der Waals surface area contributed by atoms with Gasteiger partial charge in [0.05, 0.1) is 10.8 Å². The maximum Gasteiger partial charge on any atom is 0.0790 e. The topological polar surface area (TPSA) is 40.1 Å². The number of carboxylic acids is 1. The number of carbonyl (C=O) groups is 1. The first kappa shape index (κ1) is 8.27. The summed E-state index contributed by atoms with van der Waals surface area (Å²) in [4.78, 5) is 9.64. The molecule has 0 N–H and O–H groups in total. The molecule has 0 aliphatic rings. The fourth-order valence-corrected chi connectivity index (χ4v) is 1.06. The highest BCUT2D eigenvalue weighted by Gasteiger charge is 2.05. The second-order valence-electron chi connectivity index (χ2n) is 2.09. The van der Waals surface area contributed by atoms with Crippen LogP contribution in [-0.2, 0) is 4.79 Å². The fourth-order valence-electron chi connectivity index (χ4n) is 0.758. The van der Waals surface area contributed by atoms with Crippen molar-refractivity contribution in [2.45, 2.75) is 4.83 Å². The van der Waals surface area contributed by atoms with Gasteiger partial charge in [0.25, 0.3) is 0 Å². The van der Waals surface area contributed by atoms with Crippen molar-refractivity contribution in [3.8, 4) is 0 Å². The van der Waals surface area contributed by atoms with E-state index in [1.807, 2.05) is 6.07 Å². The van der Waals surface area contributed by atoms with Crippen LogP contribution in [0.25, 0.3) is 0 Å². The molecule has 0 saturated carbocycles. The highest BCUT2D eigenvalue weighted by Crippen LogP contribution is 2.20. The fraction of sp³-hybridized carbons (Fsp3) is 0.125. The van der Waals surface area contributed by atoms with E-state index in [0.717, 1.165) is 0 Å². The second kappa shape index (κ2) is 3.53. The summed E-state index contributed by atoms with van der Waals surface area (Å²) in [6, 6.07) is 8.86. The van der Waals surface area contributed by atoms with Gasteiger partial charge in [-0.15, -0.1) is 0 Å². The molecule has 0 saturated heterocycles. The maximum atomic E-state index is 10.3. The quantitative estimate of drug-likeness (QED) is 0.685. The average Bonchev–Trinajstić information content (AvgIpc) is 2.05. The van der Waals surface area contributed by atoms with Crippen LogP contribution in [0.4, 0.5) is 0 Å². The number of alkyl halides is 1. The van der Waals surface area contributed by atoms with E-state index in [1.54, 1.807) is 24.3 Å². The zero-order chi connectivity index (χ0) is 8.27.